The summed E-state index contributed by atoms with van der Waals surface area (Å²) in [7, 11) is 1.37. The molecule has 1 atom stereocenters. The molecule has 0 saturated carbocycles. The van der Waals surface area contributed by atoms with Crippen molar-refractivity contribution in [1.82, 2.24) is 5.32 Å². The van der Waals surface area contributed by atoms with E-state index in [9.17, 15) is 4.79 Å². The van der Waals surface area contributed by atoms with Crippen molar-refractivity contribution in [3.8, 4) is 11.5 Å². The summed E-state index contributed by atoms with van der Waals surface area (Å²) >= 11 is 0. The Morgan fingerprint density at radius 1 is 1.19 bits per heavy atom. The van der Waals surface area contributed by atoms with Crippen LogP contribution < -0.4 is 14.8 Å². The number of benzene rings is 1. The first-order valence-corrected chi connectivity index (χ1v) is 7.13. The molecular weight excluding hydrogens is 270 g/mol. The zero-order chi connectivity index (χ0) is 15.9. The summed E-state index contributed by atoms with van der Waals surface area (Å²) in [5, 5.41) is 3.18. The average molecular weight is 295 g/mol. The summed E-state index contributed by atoms with van der Waals surface area (Å²) < 4.78 is 15.9. The maximum absolute atomic E-state index is 11.9. The zero-order valence-corrected chi connectivity index (χ0v) is 13.4. The van der Waals surface area contributed by atoms with Crippen LogP contribution in [0.5, 0.6) is 11.5 Å². The molecule has 0 spiro atoms. The second kappa shape index (κ2) is 7.88. The van der Waals surface area contributed by atoms with E-state index in [0.717, 1.165) is 5.75 Å². The molecule has 5 nitrogen and oxygen atoms in total. The van der Waals surface area contributed by atoms with Gasteiger partial charge in [0.15, 0.2) is 0 Å². The van der Waals surface area contributed by atoms with Crippen molar-refractivity contribution in [2.75, 3.05) is 20.3 Å². The van der Waals surface area contributed by atoms with Crippen LogP contribution in [-0.2, 0) is 9.53 Å². The standard InChI is InChI=1S/C16H25NO4/c1-6-20-13-7-9-14(10-8-13)21-11-16(4,15(18)19-5)17-12(2)3/h7-10,12,17H,6,11H2,1-5H3. The van der Waals surface area contributed by atoms with Crippen LogP contribution in [0, 0.1) is 0 Å². The van der Waals surface area contributed by atoms with Crippen molar-refractivity contribution in [3.05, 3.63) is 24.3 Å². The van der Waals surface area contributed by atoms with Gasteiger partial charge in [0.1, 0.15) is 23.6 Å². The summed E-state index contributed by atoms with van der Waals surface area (Å²) in [6.45, 7) is 8.46. The van der Waals surface area contributed by atoms with Crippen LogP contribution in [0.1, 0.15) is 27.7 Å². The van der Waals surface area contributed by atoms with E-state index in [0.29, 0.717) is 12.4 Å². The number of hydrogen-bond acceptors (Lipinski definition) is 5. The summed E-state index contributed by atoms with van der Waals surface area (Å²) in [4.78, 5) is 11.9. The lowest BCUT2D eigenvalue weighted by molar-refractivity contribution is -0.149. The van der Waals surface area contributed by atoms with E-state index in [4.69, 9.17) is 14.2 Å². The predicted molar refractivity (Wildman–Crippen MR) is 81.8 cm³/mol. The molecule has 1 N–H and O–H groups in total. The number of carbonyl (C=O) groups is 1. The van der Waals surface area contributed by atoms with E-state index in [1.807, 2.05) is 45.0 Å². The third kappa shape index (κ3) is 5.27. The van der Waals surface area contributed by atoms with Gasteiger partial charge >= 0.3 is 5.97 Å². The van der Waals surface area contributed by atoms with Crippen molar-refractivity contribution in [2.24, 2.45) is 0 Å². The van der Waals surface area contributed by atoms with Crippen molar-refractivity contribution in [3.63, 3.8) is 0 Å². The molecule has 0 saturated heterocycles. The van der Waals surface area contributed by atoms with Crippen LogP contribution in [0.15, 0.2) is 24.3 Å². The molecule has 5 heteroatoms. The second-order valence-electron chi connectivity index (χ2n) is 5.32. The summed E-state index contributed by atoms with van der Waals surface area (Å²) in [6, 6.07) is 7.45. The maximum atomic E-state index is 11.9. The molecule has 0 heterocycles. The summed E-state index contributed by atoms with van der Waals surface area (Å²) in [5.74, 6) is 1.13. The van der Waals surface area contributed by atoms with Gasteiger partial charge in [-0.25, -0.2) is 4.79 Å². The van der Waals surface area contributed by atoms with Gasteiger partial charge in [0, 0.05) is 6.04 Å². The van der Waals surface area contributed by atoms with Crippen molar-refractivity contribution >= 4 is 5.97 Å². The van der Waals surface area contributed by atoms with Crippen LogP contribution in [0.3, 0.4) is 0 Å². The Kier molecular flexibility index (Phi) is 6.49. The lowest BCUT2D eigenvalue weighted by atomic mass is 10.0. The number of esters is 1. The van der Waals surface area contributed by atoms with Crippen molar-refractivity contribution < 1.29 is 19.0 Å². The normalized spacial score (nSPS) is 13.6. The van der Waals surface area contributed by atoms with Gasteiger partial charge in [0.2, 0.25) is 0 Å². The van der Waals surface area contributed by atoms with E-state index < -0.39 is 5.54 Å². The minimum atomic E-state index is -0.887. The summed E-state index contributed by atoms with van der Waals surface area (Å²) in [6.07, 6.45) is 0. The number of ether oxygens (including phenoxy) is 3. The van der Waals surface area contributed by atoms with Crippen LogP contribution >= 0.6 is 0 Å². The van der Waals surface area contributed by atoms with E-state index in [-0.39, 0.29) is 18.6 Å². The predicted octanol–water partition coefficient (Wildman–Crippen LogP) is 2.39. The van der Waals surface area contributed by atoms with Crippen LogP contribution in [0.25, 0.3) is 0 Å². The highest BCUT2D eigenvalue weighted by molar-refractivity contribution is 5.80. The van der Waals surface area contributed by atoms with Gasteiger partial charge in [-0.2, -0.15) is 0 Å². The number of hydrogen-bond donors (Lipinski definition) is 1. The Morgan fingerprint density at radius 2 is 1.71 bits per heavy atom. The number of rotatable bonds is 8. The molecule has 0 amide bonds. The Labute approximate surface area is 126 Å². The minimum absolute atomic E-state index is 0.137. The first-order valence-electron chi connectivity index (χ1n) is 7.13. The van der Waals surface area contributed by atoms with E-state index in [2.05, 4.69) is 5.32 Å². The fraction of sp³-hybridized carbons (Fsp3) is 0.562. The van der Waals surface area contributed by atoms with Gasteiger partial charge in [0.25, 0.3) is 0 Å². The van der Waals surface area contributed by atoms with Crippen molar-refractivity contribution in [2.45, 2.75) is 39.3 Å². The highest BCUT2D eigenvalue weighted by Crippen LogP contribution is 2.19. The van der Waals surface area contributed by atoms with Crippen LogP contribution in [-0.4, -0.2) is 37.9 Å². The Hall–Kier alpha value is -1.75. The molecule has 0 aliphatic carbocycles. The van der Waals surface area contributed by atoms with E-state index >= 15 is 0 Å². The fourth-order valence-corrected chi connectivity index (χ4v) is 2.05. The van der Waals surface area contributed by atoms with Gasteiger partial charge in [-0.15, -0.1) is 0 Å². The van der Waals surface area contributed by atoms with E-state index in [1.165, 1.54) is 7.11 Å². The highest BCUT2D eigenvalue weighted by atomic mass is 16.5. The Bertz CT molecular complexity index is 444. The van der Waals surface area contributed by atoms with Crippen LogP contribution in [0.2, 0.25) is 0 Å². The van der Waals surface area contributed by atoms with Crippen molar-refractivity contribution in [1.29, 1.82) is 0 Å². The summed E-state index contributed by atoms with van der Waals surface area (Å²) in [5.41, 5.74) is -0.887. The van der Waals surface area contributed by atoms with E-state index in [1.54, 1.807) is 6.92 Å². The lowest BCUT2D eigenvalue weighted by Crippen LogP contribution is -2.56. The molecule has 0 radical (unpaired) electrons. The molecule has 1 aromatic rings. The van der Waals surface area contributed by atoms with Gasteiger partial charge in [-0.3, -0.25) is 5.32 Å². The smallest absolute Gasteiger partial charge is 0.329 e. The molecule has 1 rings (SSSR count). The maximum Gasteiger partial charge on any atom is 0.329 e. The molecule has 0 bridgehead atoms. The topological polar surface area (TPSA) is 56.8 Å². The van der Waals surface area contributed by atoms with Gasteiger partial charge in [-0.1, -0.05) is 0 Å². The minimum Gasteiger partial charge on any atom is -0.494 e. The zero-order valence-electron chi connectivity index (χ0n) is 13.4. The third-order valence-corrected chi connectivity index (χ3v) is 2.91. The molecule has 21 heavy (non-hydrogen) atoms. The second-order valence-corrected chi connectivity index (χ2v) is 5.32. The number of nitrogens with one attached hydrogen (secondary N) is 1. The lowest BCUT2D eigenvalue weighted by Gasteiger charge is -2.30. The van der Waals surface area contributed by atoms with Gasteiger partial charge < -0.3 is 14.2 Å². The molecule has 0 aliphatic heterocycles. The molecule has 1 unspecified atom stereocenters. The molecule has 118 valence electrons. The third-order valence-electron chi connectivity index (χ3n) is 2.91. The average Bonchev–Trinajstić information content (AvgIpc) is 2.45. The molecular formula is C16H25NO4. The quantitative estimate of drug-likeness (QED) is 0.746. The first kappa shape index (κ1) is 17.3. The molecule has 0 aromatic heterocycles. The van der Waals surface area contributed by atoms with Gasteiger partial charge in [0.05, 0.1) is 13.7 Å². The largest absolute Gasteiger partial charge is 0.494 e. The Morgan fingerprint density at radius 3 is 2.14 bits per heavy atom. The fourth-order valence-electron chi connectivity index (χ4n) is 2.05. The first-order chi connectivity index (χ1) is 9.91. The molecule has 0 aliphatic rings. The number of carbonyl (C=O) groups excluding carboxylic acids is 1. The SMILES string of the molecule is CCOc1ccc(OCC(C)(NC(C)C)C(=O)OC)cc1. The van der Waals surface area contributed by atoms with Crippen LogP contribution in [0.4, 0.5) is 0 Å². The number of methoxy groups -OCH3 is 1. The highest BCUT2D eigenvalue weighted by Gasteiger charge is 2.35. The monoisotopic (exact) mass is 295 g/mol. The molecule has 0 fully saturated rings. The Balaban J connectivity index is 2.70. The molecule has 1 aromatic carbocycles. The van der Waals surface area contributed by atoms with Gasteiger partial charge in [-0.05, 0) is 52.0 Å².